The molecular weight excluding hydrogens is 242 g/mol. The quantitative estimate of drug-likeness (QED) is 0.834. The van der Waals surface area contributed by atoms with Crippen molar-refractivity contribution < 1.29 is 14.9 Å². The van der Waals surface area contributed by atoms with E-state index in [1.807, 2.05) is 42.5 Å². The van der Waals surface area contributed by atoms with Gasteiger partial charge >= 0.3 is 0 Å². The average molecular weight is 256 g/mol. The molecule has 0 radical (unpaired) electrons. The van der Waals surface area contributed by atoms with Crippen LogP contribution >= 0.6 is 0 Å². The number of nitrogens with zero attached hydrogens (tertiary/aromatic N) is 1. The molecule has 0 atom stereocenters. The average Bonchev–Trinajstić information content (AvgIpc) is 2.45. The summed E-state index contributed by atoms with van der Waals surface area (Å²) in [5.74, 6) is 0.754. The van der Waals surface area contributed by atoms with Gasteiger partial charge < -0.3 is 4.74 Å². The second-order valence-electron chi connectivity index (χ2n) is 3.96. The molecule has 2 aromatic carbocycles. The van der Waals surface area contributed by atoms with Crippen LogP contribution in [0.15, 0.2) is 60.8 Å². The molecule has 0 saturated carbocycles. The van der Waals surface area contributed by atoms with E-state index in [1.54, 1.807) is 12.1 Å². The maximum absolute atomic E-state index is 10.3. The summed E-state index contributed by atoms with van der Waals surface area (Å²) in [6.45, 7) is 0.515. The number of hydrogen-bond acceptors (Lipinski definition) is 2. The van der Waals surface area contributed by atoms with Crippen LogP contribution in [0.1, 0.15) is 11.1 Å². The van der Waals surface area contributed by atoms with Crippen molar-refractivity contribution in [1.29, 1.82) is 0 Å². The van der Waals surface area contributed by atoms with E-state index < -0.39 is 0 Å². The topological polar surface area (TPSA) is 49.5 Å². The Hall–Kier alpha value is -2.62. The minimum Gasteiger partial charge on any atom is -0.489 e. The molecule has 0 bridgehead atoms. The standard InChI is InChI=1S/C15H14NO3/c17-16(18)11-10-13-6-8-15(9-7-13)19-12-14-4-2-1-3-5-14/h1-11H,12H2,(H,17,18)/q+1/b11-10+. The van der Waals surface area contributed by atoms with Crippen molar-refractivity contribution in [1.82, 2.24) is 0 Å². The molecule has 0 unspecified atom stereocenters. The van der Waals surface area contributed by atoms with Gasteiger partial charge in [0, 0.05) is 6.08 Å². The Morgan fingerprint density at radius 2 is 1.74 bits per heavy atom. The Bertz CT molecular complexity index is 562. The third-order valence-electron chi connectivity index (χ3n) is 2.52. The second-order valence-corrected chi connectivity index (χ2v) is 3.96. The molecule has 0 spiro atoms. The van der Waals surface area contributed by atoms with Crippen molar-refractivity contribution in [2.75, 3.05) is 0 Å². The molecular formula is C15H14NO3+. The van der Waals surface area contributed by atoms with Crippen molar-refractivity contribution >= 4 is 6.08 Å². The first-order chi connectivity index (χ1) is 9.24. The summed E-state index contributed by atoms with van der Waals surface area (Å²) in [7, 11) is 0. The van der Waals surface area contributed by atoms with Gasteiger partial charge in [-0.05, 0) is 23.3 Å². The summed E-state index contributed by atoms with van der Waals surface area (Å²) >= 11 is 0. The van der Waals surface area contributed by atoms with E-state index in [-0.39, 0.29) is 4.92 Å². The number of rotatable bonds is 5. The summed E-state index contributed by atoms with van der Waals surface area (Å²) in [5, 5.41) is 8.44. The van der Waals surface area contributed by atoms with E-state index in [0.29, 0.717) is 6.61 Å². The Morgan fingerprint density at radius 1 is 1.05 bits per heavy atom. The Kier molecular flexibility index (Phi) is 4.29. The molecule has 0 aliphatic carbocycles. The molecule has 4 nitrogen and oxygen atoms in total. The smallest absolute Gasteiger partial charge is 0.282 e. The van der Waals surface area contributed by atoms with Gasteiger partial charge in [0.2, 0.25) is 4.92 Å². The zero-order valence-corrected chi connectivity index (χ0v) is 10.3. The first kappa shape index (κ1) is 12.8. The van der Waals surface area contributed by atoms with Gasteiger partial charge in [0.05, 0.1) is 4.91 Å². The third kappa shape index (κ3) is 4.27. The van der Waals surface area contributed by atoms with Crippen LogP contribution in [-0.4, -0.2) is 10.1 Å². The van der Waals surface area contributed by atoms with Gasteiger partial charge in [0.15, 0.2) is 0 Å². The van der Waals surface area contributed by atoms with Gasteiger partial charge in [0.1, 0.15) is 12.4 Å². The fourth-order valence-corrected chi connectivity index (χ4v) is 1.57. The van der Waals surface area contributed by atoms with Crippen molar-refractivity contribution in [2.45, 2.75) is 6.61 Å². The summed E-state index contributed by atoms with van der Waals surface area (Å²) in [4.78, 5) is 10.1. The molecule has 0 amide bonds. The lowest BCUT2D eigenvalue weighted by atomic mass is 10.2. The molecule has 0 aromatic heterocycles. The van der Waals surface area contributed by atoms with Crippen LogP contribution in [0.3, 0.4) is 0 Å². The van der Waals surface area contributed by atoms with Crippen LogP contribution in [0.4, 0.5) is 0 Å². The molecule has 2 aromatic rings. The highest BCUT2D eigenvalue weighted by Gasteiger charge is 1.97. The normalized spacial score (nSPS) is 10.5. The van der Waals surface area contributed by atoms with E-state index in [2.05, 4.69) is 0 Å². The largest absolute Gasteiger partial charge is 0.489 e. The highest BCUT2D eigenvalue weighted by atomic mass is 16.6. The van der Waals surface area contributed by atoms with Crippen molar-refractivity contribution in [2.24, 2.45) is 0 Å². The molecule has 96 valence electrons. The number of ether oxygens (including phenoxy) is 1. The Morgan fingerprint density at radius 3 is 2.37 bits per heavy atom. The van der Waals surface area contributed by atoms with Gasteiger partial charge in [-0.3, -0.25) is 0 Å². The lowest BCUT2D eigenvalue weighted by molar-refractivity contribution is -0.741. The van der Waals surface area contributed by atoms with Gasteiger partial charge in [-0.2, -0.15) is 0 Å². The van der Waals surface area contributed by atoms with E-state index in [1.165, 1.54) is 6.08 Å². The first-order valence-corrected chi connectivity index (χ1v) is 5.84. The van der Waals surface area contributed by atoms with Crippen LogP contribution in [0.25, 0.3) is 6.08 Å². The second kappa shape index (κ2) is 6.35. The molecule has 0 heterocycles. The molecule has 2 rings (SSSR count). The molecule has 0 fully saturated rings. The molecule has 1 N–H and O–H groups in total. The van der Waals surface area contributed by atoms with Crippen LogP contribution in [-0.2, 0) is 6.61 Å². The number of hydrogen-bond donors (Lipinski definition) is 1. The summed E-state index contributed by atoms with van der Waals surface area (Å²) in [6.07, 6.45) is 2.54. The lowest BCUT2D eigenvalue weighted by Crippen LogP contribution is -1.94. The maximum atomic E-state index is 10.3. The van der Waals surface area contributed by atoms with Crippen molar-refractivity contribution in [3.8, 4) is 5.75 Å². The van der Waals surface area contributed by atoms with Crippen LogP contribution < -0.4 is 4.74 Å². The van der Waals surface area contributed by atoms with Crippen LogP contribution in [0.5, 0.6) is 5.75 Å². The number of benzene rings is 2. The van der Waals surface area contributed by atoms with Gasteiger partial charge in [-0.25, -0.2) is 5.21 Å². The first-order valence-electron chi connectivity index (χ1n) is 5.84. The third-order valence-corrected chi connectivity index (χ3v) is 2.52. The minimum absolute atomic E-state index is 0.236. The van der Waals surface area contributed by atoms with Gasteiger partial charge in [-0.1, -0.05) is 42.5 Å². The molecule has 19 heavy (non-hydrogen) atoms. The highest BCUT2D eigenvalue weighted by Crippen LogP contribution is 2.15. The molecule has 0 aliphatic rings. The van der Waals surface area contributed by atoms with E-state index in [4.69, 9.17) is 9.94 Å². The molecule has 4 heteroatoms. The monoisotopic (exact) mass is 256 g/mol. The zero-order chi connectivity index (χ0) is 13.5. The van der Waals surface area contributed by atoms with Gasteiger partial charge in [-0.15, -0.1) is 0 Å². The van der Waals surface area contributed by atoms with E-state index >= 15 is 0 Å². The fourth-order valence-electron chi connectivity index (χ4n) is 1.57. The van der Waals surface area contributed by atoms with Crippen molar-refractivity contribution in [3.63, 3.8) is 0 Å². The van der Waals surface area contributed by atoms with Crippen molar-refractivity contribution in [3.05, 3.63) is 76.8 Å². The summed E-state index contributed by atoms with van der Waals surface area (Å²) in [5.41, 5.74) is 1.91. The highest BCUT2D eigenvalue weighted by molar-refractivity contribution is 5.49. The van der Waals surface area contributed by atoms with Crippen LogP contribution in [0.2, 0.25) is 0 Å². The fraction of sp³-hybridized carbons (Fsp3) is 0.0667. The maximum Gasteiger partial charge on any atom is 0.282 e. The predicted molar refractivity (Wildman–Crippen MR) is 71.7 cm³/mol. The molecule has 0 aliphatic heterocycles. The summed E-state index contributed by atoms with van der Waals surface area (Å²) in [6, 6.07) is 17.1. The van der Waals surface area contributed by atoms with E-state index in [0.717, 1.165) is 23.1 Å². The Balaban J connectivity index is 1.94. The summed E-state index contributed by atoms with van der Waals surface area (Å²) < 4.78 is 5.63. The van der Waals surface area contributed by atoms with Crippen LogP contribution in [0, 0.1) is 4.91 Å². The SMILES string of the molecule is O=[N+](O)/C=C/c1ccc(OCc2ccccc2)cc1. The Labute approximate surface area is 111 Å². The lowest BCUT2D eigenvalue weighted by Gasteiger charge is -2.06. The minimum atomic E-state index is -0.236. The zero-order valence-electron chi connectivity index (χ0n) is 10.3. The predicted octanol–water partition coefficient (Wildman–Crippen LogP) is 3.40. The van der Waals surface area contributed by atoms with E-state index in [9.17, 15) is 4.91 Å². The van der Waals surface area contributed by atoms with Gasteiger partial charge in [0.25, 0.3) is 6.20 Å². The molecule has 0 saturated heterocycles.